The fourth-order valence-corrected chi connectivity index (χ4v) is 2.84. The van der Waals surface area contributed by atoms with Gasteiger partial charge < -0.3 is 10.8 Å². The Morgan fingerprint density at radius 3 is 2.40 bits per heavy atom. The highest BCUT2D eigenvalue weighted by Crippen LogP contribution is 2.34. The highest BCUT2D eigenvalue weighted by atomic mass is 79.9. The van der Waals surface area contributed by atoms with E-state index in [4.69, 9.17) is 28.9 Å². The summed E-state index contributed by atoms with van der Waals surface area (Å²) in [7, 11) is 0. The molecular weight excluding hydrogens is 361 g/mol. The lowest BCUT2D eigenvalue weighted by molar-refractivity contribution is 0.147. The SMILES string of the molecule is NCC(c1ccc(Cl)c(Cl)c1)C(O)c1cccc(Br)c1. The van der Waals surface area contributed by atoms with Gasteiger partial charge in [0.25, 0.3) is 0 Å². The standard InChI is InChI=1S/C15H14BrCl2NO/c16-11-3-1-2-10(6-11)15(20)12(8-19)9-4-5-13(17)14(18)7-9/h1-7,12,15,20H,8,19H2. The summed E-state index contributed by atoms with van der Waals surface area (Å²) in [6.45, 7) is 0.311. The first-order valence-corrected chi connectivity index (χ1v) is 7.66. The molecule has 2 aromatic rings. The van der Waals surface area contributed by atoms with Gasteiger partial charge in [-0.05, 0) is 35.4 Å². The minimum atomic E-state index is -0.699. The van der Waals surface area contributed by atoms with E-state index in [1.54, 1.807) is 12.1 Å². The van der Waals surface area contributed by atoms with Gasteiger partial charge in [0.1, 0.15) is 0 Å². The van der Waals surface area contributed by atoms with Crippen molar-refractivity contribution in [1.82, 2.24) is 0 Å². The first-order chi connectivity index (χ1) is 9.52. The van der Waals surface area contributed by atoms with Gasteiger partial charge in [-0.1, -0.05) is 57.3 Å². The van der Waals surface area contributed by atoms with Gasteiger partial charge in [-0.2, -0.15) is 0 Å². The number of rotatable bonds is 4. The topological polar surface area (TPSA) is 46.2 Å². The summed E-state index contributed by atoms with van der Waals surface area (Å²) in [5.41, 5.74) is 7.50. The maximum absolute atomic E-state index is 10.5. The number of aliphatic hydroxyl groups is 1. The van der Waals surface area contributed by atoms with E-state index in [1.165, 1.54) is 0 Å². The van der Waals surface area contributed by atoms with E-state index in [1.807, 2.05) is 30.3 Å². The number of hydrogen-bond donors (Lipinski definition) is 2. The van der Waals surface area contributed by atoms with Crippen LogP contribution in [0.15, 0.2) is 46.9 Å². The molecule has 0 aliphatic heterocycles. The van der Waals surface area contributed by atoms with Crippen LogP contribution in [0, 0.1) is 0 Å². The monoisotopic (exact) mass is 373 g/mol. The second-order valence-corrected chi connectivity index (χ2v) is 6.25. The third kappa shape index (κ3) is 3.54. The van der Waals surface area contributed by atoms with Crippen LogP contribution < -0.4 is 5.73 Å². The van der Waals surface area contributed by atoms with Crippen LogP contribution in [0.3, 0.4) is 0 Å². The van der Waals surface area contributed by atoms with Crippen molar-refractivity contribution in [2.45, 2.75) is 12.0 Å². The number of halogens is 3. The summed E-state index contributed by atoms with van der Waals surface area (Å²) in [6, 6.07) is 12.9. The summed E-state index contributed by atoms with van der Waals surface area (Å²) in [6.07, 6.45) is -0.699. The van der Waals surface area contributed by atoms with E-state index in [0.717, 1.165) is 15.6 Å². The van der Waals surface area contributed by atoms with Crippen LogP contribution in [0.25, 0.3) is 0 Å². The van der Waals surface area contributed by atoms with Gasteiger partial charge in [-0.25, -0.2) is 0 Å². The molecule has 0 aliphatic carbocycles. The molecule has 0 heterocycles. The van der Waals surface area contributed by atoms with Crippen molar-refractivity contribution in [3.8, 4) is 0 Å². The molecule has 0 bridgehead atoms. The predicted molar refractivity (Wildman–Crippen MR) is 87.4 cm³/mol. The van der Waals surface area contributed by atoms with E-state index in [2.05, 4.69) is 15.9 Å². The molecule has 2 rings (SSSR count). The summed E-state index contributed by atoms with van der Waals surface area (Å²) < 4.78 is 0.916. The van der Waals surface area contributed by atoms with Gasteiger partial charge in [-0.15, -0.1) is 0 Å². The molecular formula is C15H14BrCl2NO. The molecule has 106 valence electrons. The molecule has 0 amide bonds. The number of nitrogens with two attached hydrogens (primary N) is 1. The van der Waals surface area contributed by atoms with Crippen LogP contribution in [0.2, 0.25) is 10.0 Å². The first kappa shape index (κ1) is 15.8. The van der Waals surface area contributed by atoms with E-state index in [0.29, 0.717) is 16.6 Å². The van der Waals surface area contributed by atoms with Crippen molar-refractivity contribution in [1.29, 1.82) is 0 Å². The minimum Gasteiger partial charge on any atom is -0.388 e. The summed E-state index contributed by atoms with van der Waals surface area (Å²) in [4.78, 5) is 0. The third-order valence-corrected chi connectivity index (χ3v) is 4.43. The van der Waals surface area contributed by atoms with Gasteiger partial charge in [0, 0.05) is 16.9 Å². The molecule has 0 fully saturated rings. The molecule has 2 nitrogen and oxygen atoms in total. The lowest BCUT2D eigenvalue weighted by atomic mass is 9.89. The molecule has 0 saturated carbocycles. The number of hydrogen-bond acceptors (Lipinski definition) is 2. The Kier molecular flexibility index (Phi) is 5.47. The molecule has 5 heteroatoms. The van der Waals surface area contributed by atoms with Gasteiger partial charge in [0.15, 0.2) is 0 Å². The third-order valence-electron chi connectivity index (χ3n) is 3.20. The molecule has 0 aliphatic rings. The second-order valence-electron chi connectivity index (χ2n) is 4.52. The lowest BCUT2D eigenvalue weighted by Crippen LogP contribution is -2.20. The van der Waals surface area contributed by atoms with E-state index < -0.39 is 6.10 Å². The zero-order chi connectivity index (χ0) is 14.7. The Hall–Kier alpha value is -0.580. The fourth-order valence-electron chi connectivity index (χ4n) is 2.11. The summed E-state index contributed by atoms with van der Waals surface area (Å²) in [5.74, 6) is -0.237. The Morgan fingerprint density at radius 1 is 1.05 bits per heavy atom. The van der Waals surface area contributed by atoms with Gasteiger partial charge >= 0.3 is 0 Å². The van der Waals surface area contributed by atoms with Crippen molar-refractivity contribution < 1.29 is 5.11 Å². The van der Waals surface area contributed by atoms with Crippen molar-refractivity contribution in [2.75, 3.05) is 6.54 Å². The van der Waals surface area contributed by atoms with E-state index in [-0.39, 0.29) is 5.92 Å². The maximum Gasteiger partial charge on any atom is 0.0871 e. The number of benzene rings is 2. The van der Waals surface area contributed by atoms with Gasteiger partial charge in [0.05, 0.1) is 16.1 Å². The van der Waals surface area contributed by atoms with Crippen LogP contribution in [0.4, 0.5) is 0 Å². The molecule has 2 atom stereocenters. The second kappa shape index (κ2) is 6.92. The smallest absolute Gasteiger partial charge is 0.0871 e. The van der Waals surface area contributed by atoms with Crippen LogP contribution >= 0.6 is 39.1 Å². The van der Waals surface area contributed by atoms with Crippen molar-refractivity contribution in [3.05, 3.63) is 68.1 Å². The average molecular weight is 375 g/mol. The molecule has 0 aromatic heterocycles. The molecule has 0 spiro atoms. The van der Waals surface area contributed by atoms with Crippen LogP contribution in [0.5, 0.6) is 0 Å². The highest BCUT2D eigenvalue weighted by molar-refractivity contribution is 9.10. The summed E-state index contributed by atoms with van der Waals surface area (Å²) >= 11 is 15.3. The van der Waals surface area contributed by atoms with Crippen molar-refractivity contribution in [2.24, 2.45) is 5.73 Å². The Labute approximate surface area is 136 Å². The fraction of sp³-hybridized carbons (Fsp3) is 0.200. The Balaban J connectivity index is 2.33. The predicted octanol–water partition coefficient (Wildman–Crippen LogP) is 4.53. The van der Waals surface area contributed by atoms with Gasteiger partial charge in [0.2, 0.25) is 0 Å². The molecule has 3 N–H and O–H groups in total. The number of aliphatic hydroxyl groups excluding tert-OH is 1. The molecule has 2 aromatic carbocycles. The quantitative estimate of drug-likeness (QED) is 0.825. The van der Waals surface area contributed by atoms with Crippen molar-refractivity contribution in [3.63, 3.8) is 0 Å². The highest BCUT2D eigenvalue weighted by Gasteiger charge is 2.22. The first-order valence-electron chi connectivity index (χ1n) is 6.11. The normalized spacial score (nSPS) is 14.1. The van der Waals surface area contributed by atoms with Crippen LogP contribution in [0.1, 0.15) is 23.1 Å². The zero-order valence-corrected chi connectivity index (χ0v) is 13.7. The van der Waals surface area contributed by atoms with Crippen LogP contribution in [-0.4, -0.2) is 11.7 Å². The molecule has 20 heavy (non-hydrogen) atoms. The van der Waals surface area contributed by atoms with Crippen molar-refractivity contribution >= 4 is 39.1 Å². The Bertz CT molecular complexity index is 606. The van der Waals surface area contributed by atoms with E-state index in [9.17, 15) is 5.11 Å². The largest absolute Gasteiger partial charge is 0.388 e. The molecule has 0 saturated heterocycles. The Morgan fingerprint density at radius 2 is 1.80 bits per heavy atom. The van der Waals surface area contributed by atoms with Crippen LogP contribution in [-0.2, 0) is 0 Å². The average Bonchev–Trinajstić information content (AvgIpc) is 2.43. The zero-order valence-electron chi connectivity index (χ0n) is 10.6. The summed E-state index contributed by atoms with van der Waals surface area (Å²) in [5, 5.41) is 11.5. The molecule has 0 radical (unpaired) electrons. The maximum atomic E-state index is 10.5. The lowest BCUT2D eigenvalue weighted by Gasteiger charge is -2.23. The van der Waals surface area contributed by atoms with E-state index >= 15 is 0 Å². The molecule has 2 unspecified atom stereocenters. The minimum absolute atomic E-state index is 0.237. The van der Waals surface area contributed by atoms with Gasteiger partial charge in [-0.3, -0.25) is 0 Å².